The monoisotopic (exact) mass is 630 g/mol. The van der Waals surface area contributed by atoms with Crippen LogP contribution in [-0.4, -0.2) is 12.9 Å². The van der Waals surface area contributed by atoms with Crippen LogP contribution in [0.3, 0.4) is 0 Å². The molecule has 14 heteroatoms. The van der Waals surface area contributed by atoms with E-state index in [0.717, 1.165) is 30.3 Å². The molecule has 4 rings (SSSR count). The number of allylic oxidation sites excluding steroid dienone is 8. The van der Waals surface area contributed by atoms with Gasteiger partial charge in [0.25, 0.3) is 0 Å². The second kappa shape index (κ2) is 11.3. The Morgan fingerprint density at radius 3 is 1.93 bits per heavy atom. The summed E-state index contributed by atoms with van der Waals surface area (Å²) in [6, 6.07) is 4.28. The molecule has 2 unspecified atom stereocenters. The largest absolute Gasteiger partial charge is 0.422 e. The molecule has 2 aliphatic carbocycles. The average Bonchev–Trinajstić information content (AvgIpc) is 2.94. The van der Waals surface area contributed by atoms with Crippen LogP contribution in [-0.2, 0) is 6.18 Å². The summed E-state index contributed by atoms with van der Waals surface area (Å²) in [4.78, 5) is 0. The Hall–Kier alpha value is -3.84. The smallest absolute Gasteiger partial charge is 0.243 e. The van der Waals surface area contributed by atoms with Crippen molar-refractivity contribution >= 4 is 11.1 Å². The topological polar surface area (TPSA) is 0 Å². The number of hydrogen-bond donors (Lipinski definition) is 0. The van der Waals surface area contributed by atoms with Gasteiger partial charge in [0.05, 0.1) is 11.1 Å². The Labute approximate surface area is 233 Å². The van der Waals surface area contributed by atoms with Gasteiger partial charge in [0.2, 0.25) is 0 Å². The minimum Gasteiger partial charge on any atom is -0.243 e. The van der Waals surface area contributed by atoms with Gasteiger partial charge in [-0.05, 0) is 40.5 Å². The van der Waals surface area contributed by atoms with Gasteiger partial charge in [-0.2, -0.15) is 26.3 Å². The molecule has 0 aliphatic heterocycles. The molecule has 0 bridgehead atoms. The Morgan fingerprint density at radius 2 is 1.42 bits per heavy atom. The van der Waals surface area contributed by atoms with E-state index in [2.05, 4.69) is 0 Å². The second-order valence-corrected chi connectivity index (χ2v) is 9.52. The molecule has 43 heavy (non-hydrogen) atoms. The van der Waals surface area contributed by atoms with Gasteiger partial charge in [0.15, 0.2) is 29.1 Å². The highest BCUT2D eigenvalue weighted by atomic mass is 19.4. The molecule has 2 atom stereocenters. The van der Waals surface area contributed by atoms with Crippen molar-refractivity contribution in [3.8, 4) is 0 Å². The van der Waals surface area contributed by atoms with Crippen molar-refractivity contribution < 1.29 is 61.5 Å². The minimum atomic E-state index is -5.86. The number of benzene rings is 2. The van der Waals surface area contributed by atoms with Crippen LogP contribution in [0, 0.1) is 35.1 Å². The molecule has 0 amide bonds. The number of rotatable bonds is 5. The summed E-state index contributed by atoms with van der Waals surface area (Å²) in [7, 11) is 0. The van der Waals surface area contributed by atoms with E-state index in [9.17, 15) is 43.9 Å². The van der Waals surface area contributed by atoms with Crippen molar-refractivity contribution in [3.05, 3.63) is 116 Å². The van der Waals surface area contributed by atoms with Gasteiger partial charge in [-0.15, -0.1) is 0 Å². The van der Waals surface area contributed by atoms with Crippen molar-refractivity contribution in [2.75, 3.05) is 6.67 Å². The van der Waals surface area contributed by atoms with Crippen molar-refractivity contribution in [2.24, 2.45) is 11.8 Å². The first-order valence-corrected chi connectivity index (χ1v) is 12.2. The fourth-order valence-electron chi connectivity index (χ4n) is 5.03. The number of fused-ring (bicyclic) bond motifs is 2. The lowest BCUT2D eigenvalue weighted by molar-refractivity contribution is -0.163. The number of alkyl halides is 7. The van der Waals surface area contributed by atoms with Crippen LogP contribution in [0.2, 0.25) is 0 Å². The zero-order valence-electron chi connectivity index (χ0n) is 21.4. The van der Waals surface area contributed by atoms with Crippen LogP contribution < -0.4 is 10.4 Å². The summed E-state index contributed by atoms with van der Waals surface area (Å²) >= 11 is 0. The van der Waals surface area contributed by atoms with Gasteiger partial charge in [-0.3, -0.25) is 0 Å². The predicted octanol–water partition coefficient (Wildman–Crippen LogP) is 8.67. The first kappa shape index (κ1) is 32.1. The van der Waals surface area contributed by atoms with Crippen LogP contribution in [0.1, 0.15) is 24.5 Å². The maximum absolute atomic E-state index is 15.5. The van der Waals surface area contributed by atoms with E-state index in [4.69, 9.17) is 0 Å². The molecule has 0 spiro atoms. The van der Waals surface area contributed by atoms with Crippen molar-refractivity contribution in [1.82, 2.24) is 0 Å². The highest BCUT2D eigenvalue weighted by Crippen LogP contribution is 2.47. The third-order valence-corrected chi connectivity index (χ3v) is 7.04. The molecule has 2 aromatic carbocycles. The average molecular weight is 630 g/mol. The molecular weight excluding hydrogens is 614 g/mol. The van der Waals surface area contributed by atoms with E-state index in [1.807, 2.05) is 0 Å². The summed E-state index contributed by atoms with van der Waals surface area (Å²) < 4.78 is 198. The van der Waals surface area contributed by atoms with Crippen LogP contribution in [0.15, 0.2) is 71.1 Å². The standard InChI is InChI=1S/C29H16F14/c1-11(28(38,39)40)22(32)23(33)19(16(31)10-30)17-12-6-2-4-8-14(12)18(15-9-5-3-7-13(15)17)20-24(34)26(36)21(29(41,42)43)27(37)25(20)35/h2-6,8-9,11,13H,7,10H2,1H3/b19-16+,23-22-. The molecule has 0 heterocycles. The molecule has 230 valence electrons. The summed E-state index contributed by atoms with van der Waals surface area (Å²) in [6.07, 6.45) is -8.06. The second-order valence-electron chi connectivity index (χ2n) is 9.52. The molecule has 0 saturated heterocycles. The fourth-order valence-corrected chi connectivity index (χ4v) is 5.03. The lowest BCUT2D eigenvalue weighted by Gasteiger charge is -2.32. The predicted molar refractivity (Wildman–Crippen MR) is 127 cm³/mol. The molecule has 2 aliphatic rings. The SMILES string of the molecule is CC(/C(F)=C(F)\C(C1=c2ccccc2=C(c2c(F)c(F)c(C(F)(F)F)c(F)c2F)C2=CC=CCC21)=C(\F)CF)C(F)(F)F. The molecular formula is C29H16F14. The lowest BCUT2D eigenvalue weighted by Crippen LogP contribution is -2.39. The van der Waals surface area contributed by atoms with E-state index >= 15 is 17.6 Å². The van der Waals surface area contributed by atoms with E-state index in [1.54, 1.807) is 0 Å². The number of halogens is 14. The number of hydrogen-bond acceptors (Lipinski definition) is 0. The summed E-state index contributed by atoms with van der Waals surface area (Å²) in [5.74, 6) is -22.2. The fraction of sp³-hybridized carbons (Fsp3) is 0.241. The summed E-state index contributed by atoms with van der Waals surface area (Å²) in [5.41, 5.74) is -7.89. The molecule has 0 nitrogen and oxygen atoms in total. The zero-order valence-corrected chi connectivity index (χ0v) is 21.4. The van der Waals surface area contributed by atoms with Gasteiger partial charge in [-0.1, -0.05) is 42.5 Å². The van der Waals surface area contributed by atoms with Gasteiger partial charge in [0, 0.05) is 5.92 Å². The highest BCUT2D eigenvalue weighted by Gasteiger charge is 2.45. The maximum atomic E-state index is 15.5. The molecule has 0 aromatic heterocycles. The van der Waals surface area contributed by atoms with Crippen molar-refractivity contribution in [3.63, 3.8) is 0 Å². The molecule has 0 fully saturated rings. The van der Waals surface area contributed by atoms with E-state index < -0.39 is 115 Å². The van der Waals surface area contributed by atoms with E-state index in [-0.39, 0.29) is 13.3 Å². The van der Waals surface area contributed by atoms with E-state index in [1.165, 1.54) is 12.2 Å². The summed E-state index contributed by atoms with van der Waals surface area (Å²) in [6.45, 7) is -1.90. The highest BCUT2D eigenvalue weighted by molar-refractivity contribution is 5.90. The van der Waals surface area contributed by atoms with Gasteiger partial charge >= 0.3 is 12.4 Å². The quantitative estimate of drug-likeness (QED) is 0.176. The van der Waals surface area contributed by atoms with Crippen molar-refractivity contribution in [1.29, 1.82) is 0 Å². The molecule has 0 saturated carbocycles. The molecule has 2 aromatic rings. The van der Waals surface area contributed by atoms with Gasteiger partial charge in [0.1, 0.15) is 29.8 Å². The summed E-state index contributed by atoms with van der Waals surface area (Å²) in [5, 5.41) is -0.983. The van der Waals surface area contributed by atoms with E-state index in [0.29, 0.717) is 0 Å². The van der Waals surface area contributed by atoms with Gasteiger partial charge < -0.3 is 0 Å². The Bertz CT molecular complexity index is 1700. The Balaban J connectivity index is 2.24. The van der Waals surface area contributed by atoms with Crippen LogP contribution in [0.25, 0.3) is 11.1 Å². The van der Waals surface area contributed by atoms with Crippen molar-refractivity contribution in [2.45, 2.75) is 25.7 Å². The normalized spacial score (nSPS) is 19.0. The Morgan fingerprint density at radius 1 is 0.860 bits per heavy atom. The van der Waals surface area contributed by atoms with Crippen LogP contribution >= 0.6 is 0 Å². The minimum absolute atomic E-state index is 0.221. The lowest BCUT2D eigenvalue weighted by atomic mass is 9.71. The van der Waals surface area contributed by atoms with Crippen LogP contribution in [0.4, 0.5) is 61.5 Å². The first-order chi connectivity index (χ1) is 19.9. The molecule has 0 radical (unpaired) electrons. The molecule has 0 N–H and O–H groups in total. The third-order valence-electron chi connectivity index (χ3n) is 7.04. The Kier molecular flexibility index (Phi) is 8.46. The van der Waals surface area contributed by atoms with Gasteiger partial charge in [-0.25, -0.2) is 35.1 Å². The zero-order chi connectivity index (χ0) is 32.2. The van der Waals surface area contributed by atoms with Crippen LogP contribution in [0.5, 0.6) is 0 Å². The first-order valence-electron chi connectivity index (χ1n) is 12.2. The maximum Gasteiger partial charge on any atom is 0.422 e. The third kappa shape index (κ3) is 5.40.